The van der Waals surface area contributed by atoms with E-state index in [-0.39, 0.29) is 70.6 Å². The minimum absolute atomic E-state index is 0. The average molecular weight is 328 g/mol. The van der Waals surface area contributed by atoms with E-state index < -0.39 is 5.92 Å². The SMILES string of the molecule is CC.[CH-]=c1c(C2CCC(=O)NC2=O)nn(C)/c1=C/C=C.[CH3-].[K+]. The van der Waals surface area contributed by atoms with Crippen LogP contribution < -0.4 is 67.3 Å². The van der Waals surface area contributed by atoms with Crippen LogP contribution in [0.25, 0.3) is 12.7 Å². The molecule has 0 spiro atoms. The van der Waals surface area contributed by atoms with Crippen LogP contribution in [0.2, 0.25) is 0 Å². The molecule has 116 valence electrons. The topological polar surface area (TPSA) is 64.0 Å². The molecular weight excluding hydrogens is 305 g/mol. The second kappa shape index (κ2) is 11.1. The van der Waals surface area contributed by atoms with Gasteiger partial charge in [0.2, 0.25) is 11.8 Å². The fourth-order valence-electron chi connectivity index (χ4n) is 2.10. The van der Waals surface area contributed by atoms with Gasteiger partial charge in [-0.25, -0.2) is 6.58 Å². The number of carbonyl (C=O) groups excluding carboxylic acids is 2. The summed E-state index contributed by atoms with van der Waals surface area (Å²) < 4.78 is 1.61. The minimum atomic E-state index is -0.458. The molecule has 5 nitrogen and oxygen atoms in total. The molecule has 1 aromatic rings. The van der Waals surface area contributed by atoms with Crippen LogP contribution in [-0.4, -0.2) is 21.6 Å². The van der Waals surface area contributed by atoms with E-state index in [1.54, 1.807) is 23.9 Å². The first kappa shape index (κ1) is 23.7. The number of hydrogen-bond donors (Lipinski definition) is 1. The number of allylic oxidation sites excluding steroid dienone is 1. The van der Waals surface area contributed by atoms with Gasteiger partial charge in [0.25, 0.3) is 0 Å². The molecular formula is C16H23KN3O2-. The number of rotatable bonds is 2. The van der Waals surface area contributed by atoms with Gasteiger partial charge in [-0.2, -0.15) is 5.22 Å². The molecule has 0 bridgehead atoms. The monoisotopic (exact) mass is 328 g/mol. The van der Waals surface area contributed by atoms with E-state index in [1.807, 2.05) is 13.8 Å². The van der Waals surface area contributed by atoms with E-state index >= 15 is 0 Å². The number of aryl methyl sites for hydroxylation is 1. The van der Waals surface area contributed by atoms with Crippen molar-refractivity contribution < 1.29 is 61.0 Å². The van der Waals surface area contributed by atoms with E-state index in [9.17, 15) is 9.59 Å². The van der Waals surface area contributed by atoms with Gasteiger partial charge in [-0.05, 0) is 17.5 Å². The Balaban J connectivity index is 0. The predicted octanol–water partition coefficient (Wildman–Crippen LogP) is -2.33. The third-order valence-electron chi connectivity index (χ3n) is 3.00. The predicted molar refractivity (Wildman–Crippen MR) is 84.5 cm³/mol. The molecule has 1 aliphatic heterocycles. The van der Waals surface area contributed by atoms with Crippen LogP contribution in [-0.2, 0) is 16.6 Å². The molecule has 1 unspecified atom stereocenters. The smallest absolute Gasteiger partial charge is 0.358 e. The maximum Gasteiger partial charge on any atom is 1.00 e. The number of piperidine rings is 1. The Bertz CT molecular complexity index is 635. The summed E-state index contributed by atoms with van der Waals surface area (Å²) in [5.74, 6) is -1.04. The van der Waals surface area contributed by atoms with Gasteiger partial charge in [0.15, 0.2) is 0 Å². The maximum absolute atomic E-state index is 11.8. The molecule has 1 aliphatic rings. The minimum Gasteiger partial charge on any atom is -0.358 e. The summed E-state index contributed by atoms with van der Waals surface area (Å²) >= 11 is 0. The zero-order chi connectivity index (χ0) is 15.3. The van der Waals surface area contributed by atoms with Gasteiger partial charge >= 0.3 is 51.4 Å². The first-order valence-electron chi connectivity index (χ1n) is 6.66. The Morgan fingerprint density at radius 3 is 2.50 bits per heavy atom. The second-order valence-corrected chi connectivity index (χ2v) is 4.21. The zero-order valence-electron chi connectivity index (χ0n) is 14.1. The van der Waals surface area contributed by atoms with Crippen molar-refractivity contribution in [2.24, 2.45) is 7.05 Å². The first-order chi connectivity index (χ1) is 9.54. The van der Waals surface area contributed by atoms with Crippen molar-refractivity contribution in [1.29, 1.82) is 0 Å². The zero-order valence-corrected chi connectivity index (χ0v) is 17.3. The number of carbonyl (C=O) groups is 2. The number of hydrogen-bond acceptors (Lipinski definition) is 3. The van der Waals surface area contributed by atoms with E-state index in [2.05, 4.69) is 17.0 Å². The normalized spacial score (nSPS) is 17.4. The Labute approximate surface area is 175 Å². The van der Waals surface area contributed by atoms with Gasteiger partial charge in [0.1, 0.15) is 0 Å². The molecule has 6 heteroatoms. The van der Waals surface area contributed by atoms with E-state index in [0.29, 0.717) is 29.1 Å². The Kier molecular flexibility index (Phi) is 11.9. The van der Waals surface area contributed by atoms with Gasteiger partial charge in [0.05, 0.1) is 0 Å². The molecule has 2 amide bonds. The van der Waals surface area contributed by atoms with Crippen molar-refractivity contribution in [3.8, 4) is 0 Å². The molecule has 1 saturated heterocycles. The van der Waals surface area contributed by atoms with Crippen molar-refractivity contribution >= 4 is 24.5 Å². The molecule has 0 radical (unpaired) electrons. The van der Waals surface area contributed by atoms with E-state index in [4.69, 9.17) is 6.58 Å². The molecule has 2 heterocycles. The van der Waals surface area contributed by atoms with Crippen LogP contribution in [0.1, 0.15) is 38.3 Å². The van der Waals surface area contributed by atoms with Crippen LogP contribution in [0, 0.1) is 7.43 Å². The Morgan fingerprint density at radius 1 is 1.41 bits per heavy atom. The number of aromatic nitrogens is 2. The summed E-state index contributed by atoms with van der Waals surface area (Å²) in [4.78, 5) is 22.9. The number of nitrogens with zero attached hydrogens (tertiary/aromatic N) is 2. The summed E-state index contributed by atoms with van der Waals surface area (Å²) in [6.07, 6.45) is 4.10. The number of nitrogens with one attached hydrogen (secondary N) is 1. The third kappa shape index (κ3) is 5.28. The molecule has 0 saturated carbocycles. The second-order valence-electron chi connectivity index (χ2n) is 4.21. The third-order valence-corrected chi connectivity index (χ3v) is 3.00. The summed E-state index contributed by atoms with van der Waals surface area (Å²) in [5.41, 5.74) is 0.524. The van der Waals surface area contributed by atoms with Crippen LogP contribution in [0.4, 0.5) is 0 Å². The summed E-state index contributed by atoms with van der Waals surface area (Å²) in [5, 5.41) is 7.75. The molecule has 1 atom stereocenters. The van der Waals surface area contributed by atoms with Gasteiger partial charge in [0, 0.05) is 19.4 Å². The largest absolute Gasteiger partial charge is 1.00 e. The molecule has 0 aromatic carbocycles. The number of amides is 2. The van der Waals surface area contributed by atoms with Gasteiger partial charge in [-0.3, -0.25) is 20.0 Å². The van der Waals surface area contributed by atoms with Gasteiger partial charge in [-0.1, -0.05) is 26.0 Å². The molecule has 1 aromatic heterocycles. The summed E-state index contributed by atoms with van der Waals surface area (Å²) in [7, 11) is 1.75. The molecule has 1 N–H and O–H groups in total. The van der Waals surface area contributed by atoms with E-state index in [0.717, 1.165) is 0 Å². The number of imide groups is 1. The molecule has 2 rings (SSSR count). The fourth-order valence-corrected chi connectivity index (χ4v) is 2.10. The maximum atomic E-state index is 11.8. The van der Waals surface area contributed by atoms with Crippen LogP contribution >= 0.6 is 0 Å². The van der Waals surface area contributed by atoms with Crippen molar-refractivity contribution in [3.63, 3.8) is 0 Å². The molecule has 22 heavy (non-hydrogen) atoms. The molecule has 0 aliphatic carbocycles. The van der Waals surface area contributed by atoms with Gasteiger partial charge in [-0.15, -0.1) is 6.58 Å². The van der Waals surface area contributed by atoms with Crippen LogP contribution in [0.15, 0.2) is 12.7 Å². The van der Waals surface area contributed by atoms with Crippen molar-refractivity contribution in [1.82, 2.24) is 15.1 Å². The first-order valence-corrected chi connectivity index (χ1v) is 6.66. The van der Waals surface area contributed by atoms with Crippen LogP contribution in [0.5, 0.6) is 0 Å². The van der Waals surface area contributed by atoms with Crippen molar-refractivity contribution in [3.05, 3.63) is 36.3 Å². The van der Waals surface area contributed by atoms with E-state index in [1.165, 1.54) is 0 Å². The summed E-state index contributed by atoms with van der Waals surface area (Å²) in [6.45, 7) is 13.6. The van der Waals surface area contributed by atoms with Crippen molar-refractivity contribution in [2.45, 2.75) is 32.6 Å². The van der Waals surface area contributed by atoms with Crippen LogP contribution in [0.3, 0.4) is 0 Å². The van der Waals surface area contributed by atoms with Crippen molar-refractivity contribution in [2.75, 3.05) is 0 Å². The molecule has 1 fully saturated rings. The Hall–Kier alpha value is -0.534. The average Bonchev–Trinajstić information content (AvgIpc) is 2.70. The summed E-state index contributed by atoms with van der Waals surface area (Å²) in [6, 6.07) is 0. The Morgan fingerprint density at radius 2 is 2.00 bits per heavy atom. The quantitative estimate of drug-likeness (QED) is 0.376. The fraction of sp³-hybridized carbons (Fsp3) is 0.375. The van der Waals surface area contributed by atoms with Gasteiger partial charge < -0.3 is 12.1 Å². The standard InChI is InChI=1S/C13H14N3O2.C2H6.CH3.K/c1-4-5-10-8(2)12(15-16(10)3)9-6-7-11(17)14-13(9)18;1-2;;/h2,4-5,9H,1,6-7H2,3H3,(H,14,17,18);1-2H3;1H3;/q-1;;-1;+1/b10-5+;;;.